The highest BCUT2D eigenvalue weighted by atomic mass is 32.2. The molecular weight excluding hydrogens is 308 g/mol. The molecule has 1 aromatic rings. The maximum atomic E-state index is 12.3. The van der Waals surface area contributed by atoms with Gasteiger partial charge in [-0.25, -0.2) is 13.1 Å². The number of likely N-dealkylation sites (tertiary alicyclic amines) is 1. The second-order valence-corrected chi connectivity index (χ2v) is 9.35. The zero-order valence-corrected chi connectivity index (χ0v) is 15.5. The lowest BCUT2D eigenvalue weighted by Crippen LogP contribution is -3.12. The number of rotatable bonds is 6. The summed E-state index contributed by atoms with van der Waals surface area (Å²) in [6.45, 7) is 10.4. The summed E-state index contributed by atoms with van der Waals surface area (Å²) in [5, 5.41) is 0. The van der Waals surface area contributed by atoms with Crippen molar-refractivity contribution in [2.75, 3.05) is 26.2 Å². The van der Waals surface area contributed by atoms with Crippen molar-refractivity contribution in [3.8, 4) is 0 Å². The fourth-order valence-electron chi connectivity index (χ4n) is 3.06. The van der Waals surface area contributed by atoms with Gasteiger partial charge in [0.05, 0.1) is 24.5 Å². The van der Waals surface area contributed by atoms with Gasteiger partial charge in [0.2, 0.25) is 10.0 Å². The van der Waals surface area contributed by atoms with Crippen molar-refractivity contribution < 1.29 is 13.3 Å². The van der Waals surface area contributed by atoms with Gasteiger partial charge in [0.25, 0.3) is 0 Å². The molecule has 1 aliphatic heterocycles. The third-order valence-corrected chi connectivity index (χ3v) is 6.07. The molecule has 2 rings (SSSR count). The van der Waals surface area contributed by atoms with Crippen LogP contribution in [-0.4, -0.2) is 34.6 Å². The van der Waals surface area contributed by atoms with Crippen LogP contribution in [0.5, 0.6) is 0 Å². The Morgan fingerprint density at radius 2 is 1.65 bits per heavy atom. The molecule has 0 radical (unpaired) electrons. The van der Waals surface area contributed by atoms with Crippen molar-refractivity contribution in [1.29, 1.82) is 0 Å². The highest BCUT2D eigenvalue weighted by Gasteiger charge is 2.18. The minimum atomic E-state index is -3.38. The molecule has 5 heteroatoms. The monoisotopic (exact) mass is 339 g/mol. The molecular formula is C18H31N2O2S+. The van der Waals surface area contributed by atoms with Gasteiger partial charge in [-0.05, 0) is 42.4 Å². The van der Waals surface area contributed by atoms with E-state index in [-0.39, 0.29) is 5.41 Å². The number of benzene rings is 1. The summed E-state index contributed by atoms with van der Waals surface area (Å²) < 4.78 is 27.4. The molecule has 0 saturated carbocycles. The summed E-state index contributed by atoms with van der Waals surface area (Å²) in [5.74, 6) is 0. The third kappa shape index (κ3) is 5.59. The minimum absolute atomic E-state index is 0.0347. The molecule has 130 valence electrons. The first-order valence-electron chi connectivity index (χ1n) is 8.73. The van der Waals surface area contributed by atoms with Crippen molar-refractivity contribution in [1.82, 2.24) is 4.72 Å². The molecule has 1 saturated heterocycles. The summed E-state index contributed by atoms with van der Waals surface area (Å²) in [4.78, 5) is 1.97. The topological polar surface area (TPSA) is 50.6 Å². The van der Waals surface area contributed by atoms with E-state index in [0.717, 1.165) is 18.5 Å². The van der Waals surface area contributed by atoms with Crippen molar-refractivity contribution in [3.05, 3.63) is 29.8 Å². The Kier molecular flexibility index (Phi) is 6.23. The molecule has 1 heterocycles. The first-order chi connectivity index (χ1) is 10.8. The summed E-state index contributed by atoms with van der Waals surface area (Å²) >= 11 is 0. The predicted molar refractivity (Wildman–Crippen MR) is 94.4 cm³/mol. The van der Waals surface area contributed by atoms with E-state index < -0.39 is 10.0 Å². The fourth-order valence-corrected chi connectivity index (χ4v) is 4.14. The fraction of sp³-hybridized carbons (Fsp3) is 0.667. The lowest BCUT2D eigenvalue weighted by atomic mass is 9.87. The van der Waals surface area contributed by atoms with E-state index in [9.17, 15) is 8.42 Å². The molecule has 0 amide bonds. The molecule has 23 heavy (non-hydrogen) atoms. The molecule has 4 nitrogen and oxygen atoms in total. The largest absolute Gasteiger partial charge is 0.335 e. The van der Waals surface area contributed by atoms with E-state index in [1.807, 2.05) is 12.1 Å². The Morgan fingerprint density at radius 1 is 1.04 bits per heavy atom. The predicted octanol–water partition coefficient (Wildman–Crippen LogP) is 1.72. The first-order valence-corrected chi connectivity index (χ1v) is 10.2. The molecule has 0 unspecified atom stereocenters. The van der Waals surface area contributed by atoms with Crippen LogP contribution in [0, 0.1) is 0 Å². The van der Waals surface area contributed by atoms with Crippen molar-refractivity contribution in [3.63, 3.8) is 0 Å². The average molecular weight is 340 g/mol. The third-order valence-electron chi connectivity index (χ3n) is 4.59. The van der Waals surface area contributed by atoms with Crippen LogP contribution in [-0.2, 0) is 15.4 Å². The van der Waals surface area contributed by atoms with Crippen LogP contribution in [0.25, 0.3) is 0 Å². The lowest BCUT2D eigenvalue weighted by Gasteiger charge is -2.23. The van der Waals surface area contributed by atoms with Gasteiger partial charge in [-0.1, -0.05) is 32.9 Å². The Balaban J connectivity index is 1.83. The first kappa shape index (κ1) is 18.4. The van der Waals surface area contributed by atoms with Crippen molar-refractivity contribution in [2.45, 2.75) is 56.8 Å². The smallest absolute Gasteiger partial charge is 0.240 e. The Bertz CT molecular complexity index is 582. The number of hydrogen-bond acceptors (Lipinski definition) is 2. The molecule has 0 bridgehead atoms. The maximum absolute atomic E-state index is 12.3. The second kappa shape index (κ2) is 7.77. The van der Waals surface area contributed by atoms with Crippen LogP contribution in [0.4, 0.5) is 0 Å². The van der Waals surface area contributed by atoms with Gasteiger partial charge in [-0.2, -0.15) is 0 Å². The van der Waals surface area contributed by atoms with Crippen LogP contribution in [0.3, 0.4) is 0 Å². The van der Waals surface area contributed by atoms with Crippen molar-refractivity contribution in [2.24, 2.45) is 0 Å². The Hall–Kier alpha value is -0.910. The van der Waals surface area contributed by atoms with Gasteiger partial charge in [-0.3, -0.25) is 0 Å². The van der Waals surface area contributed by atoms with E-state index in [0.29, 0.717) is 11.4 Å². The normalized spacial score (nSPS) is 17.3. The number of sulfonamides is 1. The van der Waals surface area contributed by atoms with Crippen LogP contribution in [0.2, 0.25) is 0 Å². The van der Waals surface area contributed by atoms with Gasteiger partial charge in [-0.15, -0.1) is 0 Å². The lowest BCUT2D eigenvalue weighted by molar-refractivity contribution is -0.904. The molecule has 0 spiro atoms. The van der Waals surface area contributed by atoms with Gasteiger partial charge in [0, 0.05) is 13.0 Å². The van der Waals surface area contributed by atoms with Crippen molar-refractivity contribution >= 4 is 10.0 Å². The van der Waals surface area contributed by atoms with Crippen LogP contribution in [0.1, 0.15) is 52.0 Å². The zero-order valence-electron chi connectivity index (χ0n) is 14.7. The van der Waals surface area contributed by atoms with E-state index >= 15 is 0 Å². The van der Waals surface area contributed by atoms with E-state index in [4.69, 9.17) is 0 Å². The quantitative estimate of drug-likeness (QED) is 0.776. The van der Waals surface area contributed by atoms with Gasteiger partial charge < -0.3 is 4.90 Å². The molecule has 0 aromatic heterocycles. The second-order valence-electron chi connectivity index (χ2n) is 7.59. The molecule has 2 N–H and O–H groups in total. The molecule has 0 aliphatic carbocycles. The maximum Gasteiger partial charge on any atom is 0.240 e. The highest BCUT2D eigenvalue weighted by molar-refractivity contribution is 7.89. The van der Waals surface area contributed by atoms with E-state index in [1.54, 1.807) is 17.0 Å². The molecule has 1 aromatic carbocycles. The Morgan fingerprint density at radius 3 is 2.22 bits per heavy atom. The number of quaternary nitrogens is 1. The Labute approximate surface area is 141 Å². The number of nitrogens with one attached hydrogen (secondary N) is 2. The molecule has 0 atom stereocenters. The SMILES string of the molecule is CC(C)(C)c1ccc(S(=O)(=O)NCCC[NH+]2CCCCC2)cc1. The average Bonchev–Trinajstić information content (AvgIpc) is 2.52. The van der Waals surface area contributed by atoms with Gasteiger partial charge in [0.15, 0.2) is 0 Å². The zero-order chi connectivity index (χ0) is 16.9. The summed E-state index contributed by atoms with van der Waals surface area (Å²) in [5.41, 5.74) is 1.18. The van der Waals surface area contributed by atoms with E-state index in [2.05, 4.69) is 25.5 Å². The molecule has 1 aliphatic rings. The summed E-state index contributed by atoms with van der Waals surface area (Å²) in [6, 6.07) is 7.23. The summed E-state index contributed by atoms with van der Waals surface area (Å²) in [6.07, 6.45) is 4.86. The minimum Gasteiger partial charge on any atom is -0.335 e. The number of piperidine rings is 1. The van der Waals surface area contributed by atoms with Gasteiger partial charge in [0.1, 0.15) is 0 Å². The van der Waals surface area contributed by atoms with Gasteiger partial charge >= 0.3 is 0 Å². The van der Waals surface area contributed by atoms with Crippen LogP contribution in [0.15, 0.2) is 29.2 Å². The van der Waals surface area contributed by atoms with Crippen LogP contribution < -0.4 is 9.62 Å². The summed E-state index contributed by atoms with van der Waals surface area (Å²) in [7, 11) is -3.38. The number of hydrogen-bond donors (Lipinski definition) is 2. The van der Waals surface area contributed by atoms with E-state index in [1.165, 1.54) is 32.4 Å². The molecule has 1 fully saturated rings. The van der Waals surface area contributed by atoms with Crippen LogP contribution >= 0.6 is 0 Å². The standard InChI is InChI=1S/C18H30N2O2S/c1-18(2,3)16-8-10-17(11-9-16)23(21,22)19-12-7-15-20-13-5-4-6-14-20/h8-11,19H,4-7,12-15H2,1-3H3/p+1. The highest BCUT2D eigenvalue weighted by Crippen LogP contribution is 2.23.